The van der Waals surface area contributed by atoms with E-state index in [9.17, 15) is 9.59 Å². The summed E-state index contributed by atoms with van der Waals surface area (Å²) in [6, 6.07) is 0.236. The minimum atomic E-state index is -0.277. The highest BCUT2D eigenvalue weighted by Crippen LogP contribution is 2.42. The monoisotopic (exact) mass is 317 g/mol. The first-order valence-corrected chi connectivity index (χ1v) is 8.52. The van der Waals surface area contributed by atoms with E-state index >= 15 is 0 Å². The molecule has 1 N–H and O–H groups in total. The molecule has 0 radical (unpaired) electrons. The zero-order valence-electron chi connectivity index (χ0n) is 13.7. The van der Waals surface area contributed by atoms with Gasteiger partial charge in [0.2, 0.25) is 11.7 Å². The number of rotatable bonds is 3. The molecule has 0 aromatic carbocycles. The Labute approximate surface area is 135 Å². The predicted octanol–water partition coefficient (Wildman–Crippen LogP) is 1.93. The number of amides is 2. The van der Waals surface area contributed by atoms with E-state index in [4.69, 9.17) is 4.42 Å². The molecule has 4 rings (SSSR count). The van der Waals surface area contributed by atoms with Crippen LogP contribution in [0.2, 0.25) is 0 Å². The Morgan fingerprint density at radius 2 is 2.00 bits per heavy atom. The number of nitrogens with zero attached hydrogens (tertiary/aromatic N) is 2. The number of likely N-dealkylation sites (tertiary alicyclic amines) is 1. The standard InChI is InChI=1S/C17H23N3O3/c1-17(2)14(19-16(17)22)11-5-7-20(8-6-11)15(21)13-12(10-3-4-10)18-9-23-13/h9-11,14H,3-8H2,1-2H3,(H,19,22)/t14-/m1/s1. The fraction of sp³-hybridized carbons (Fsp3) is 0.706. The van der Waals surface area contributed by atoms with Gasteiger partial charge in [0, 0.05) is 25.0 Å². The van der Waals surface area contributed by atoms with E-state index in [0.717, 1.165) is 44.5 Å². The smallest absolute Gasteiger partial charge is 0.291 e. The molecular formula is C17H23N3O3. The van der Waals surface area contributed by atoms with Crippen molar-refractivity contribution < 1.29 is 14.0 Å². The van der Waals surface area contributed by atoms with Crippen molar-refractivity contribution in [3.8, 4) is 0 Å². The van der Waals surface area contributed by atoms with Gasteiger partial charge in [0.1, 0.15) is 0 Å². The molecule has 2 amide bonds. The largest absolute Gasteiger partial charge is 0.438 e. The molecule has 6 nitrogen and oxygen atoms in total. The van der Waals surface area contributed by atoms with Crippen LogP contribution in [-0.4, -0.2) is 40.8 Å². The summed E-state index contributed by atoms with van der Waals surface area (Å²) < 4.78 is 5.38. The number of nitrogens with one attached hydrogen (secondary N) is 1. The van der Waals surface area contributed by atoms with E-state index in [1.165, 1.54) is 6.39 Å². The van der Waals surface area contributed by atoms with Gasteiger partial charge in [0.25, 0.3) is 5.91 Å². The molecule has 3 aliphatic rings. The second-order valence-corrected chi connectivity index (χ2v) is 7.64. The van der Waals surface area contributed by atoms with Crippen LogP contribution in [0.25, 0.3) is 0 Å². The van der Waals surface area contributed by atoms with E-state index in [-0.39, 0.29) is 23.3 Å². The van der Waals surface area contributed by atoms with Crippen molar-refractivity contribution in [1.29, 1.82) is 0 Å². The predicted molar refractivity (Wildman–Crippen MR) is 82.8 cm³/mol. The minimum Gasteiger partial charge on any atom is -0.438 e. The Kier molecular flexibility index (Phi) is 3.25. The molecule has 1 atom stereocenters. The van der Waals surface area contributed by atoms with Crippen molar-refractivity contribution in [2.45, 2.75) is 51.5 Å². The second kappa shape index (κ2) is 5.08. The molecule has 2 saturated heterocycles. The summed E-state index contributed by atoms with van der Waals surface area (Å²) in [6.07, 6.45) is 5.44. The third-order valence-electron chi connectivity index (χ3n) is 5.70. The fourth-order valence-corrected chi connectivity index (χ4v) is 3.92. The van der Waals surface area contributed by atoms with E-state index in [1.54, 1.807) is 0 Å². The van der Waals surface area contributed by atoms with Gasteiger partial charge >= 0.3 is 0 Å². The highest BCUT2D eigenvalue weighted by atomic mass is 16.3. The first kappa shape index (κ1) is 14.7. The lowest BCUT2D eigenvalue weighted by molar-refractivity contribution is -0.146. The summed E-state index contributed by atoms with van der Waals surface area (Å²) >= 11 is 0. The molecule has 0 bridgehead atoms. The number of carbonyl (C=O) groups excluding carboxylic acids is 2. The van der Waals surface area contributed by atoms with Crippen LogP contribution >= 0.6 is 0 Å². The Hall–Kier alpha value is -1.85. The van der Waals surface area contributed by atoms with Crippen LogP contribution in [0.1, 0.15) is 61.7 Å². The Bertz CT molecular complexity index is 639. The summed E-state index contributed by atoms with van der Waals surface area (Å²) in [5.41, 5.74) is 0.561. The molecule has 0 spiro atoms. The first-order chi connectivity index (χ1) is 11.0. The molecule has 3 heterocycles. The topological polar surface area (TPSA) is 75.4 Å². The number of piperidine rings is 1. The minimum absolute atomic E-state index is 0.0280. The summed E-state index contributed by atoms with van der Waals surface area (Å²) in [4.78, 5) is 30.4. The van der Waals surface area contributed by atoms with Gasteiger partial charge in [0.15, 0.2) is 6.39 Å². The Balaban J connectivity index is 1.39. The number of oxazole rings is 1. The van der Waals surface area contributed by atoms with Crippen molar-refractivity contribution >= 4 is 11.8 Å². The molecule has 1 aromatic heterocycles. The van der Waals surface area contributed by atoms with E-state index < -0.39 is 0 Å². The van der Waals surface area contributed by atoms with Crippen LogP contribution in [0.4, 0.5) is 0 Å². The third-order valence-corrected chi connectivity index (χ3v) is 5.70. The van der Waals surface area contributed by atoms with E-state index in [1.807, 2.05) is 18.7 Å². The number of hydrogen-bond acceptors (Lipinski definition) is 4. The number of carbonyl (C=O) groups is 2. The maximum atomic E-state index is 12.7. The fourth-order valence-electron chi connectivity index (χ4n) is 3.92. The van der Waals surface area contributed by atoms with Crippen molar-refractivity contribution in [2.75, 3.05) is 13.1 Å². The summed E-state index contributed by atoms with van der Waals surface area (Å²) in [7, 11) is 0. The van der Waals surface area contributed by atoms with Crippen LogP contribution in [0.15, 0.2) is 10.8 Å². The number of hydrogen-bond donors (Lipinski definition) is 1. The molecular weight excluding hydrogens is 294 g/mol. The molecule has 0 unspecified atom stereocenters. The average Bonchev–Trinajstić information content (AvgIpc) is 3.29. The van der Waals surface area contributed by atoms with Crippen molar-refractivity contribution in [2.24, 2.45) is 11.3 Å². The van der Waals surface area contributed by atoms with Gasteiger partial charge in [0.05, 0.1) is 11.1 Å². The van der Waals surface area contributed by atoms with Crippen LogP contribution < -0.4 is 5.32 Å². The Morgan fingerprint density at radius 3 is 2.57 bits per heavy atom. The van der Waals surface area contributed by atoms with Gasteiger partial charge in [-0.15, -0.1) is 0 Å². The lowest BCUT2D eigenvalue weighted by Gasteiger charge is -2.50. The molecule has 124 valence electrons. The molecule has 6 heteroatoms. The van der Waals surface area contributed by atoms with Gasteiger partial charge in [-0.1, -0.05) is 0 Å². The molecule has 1 saturated carbocycles. The lowest BCUT2D eigenvalue weighted by Crippen LogP contribution is -2.68. The number of β-lactam (4-membered cyclic amide) rings is 1. The second-order valence-electron chi connectivity index (χ2n) is 7.64. The maximum absolute atomic E-state index is 12.7. The third kappa shape index (κ3) is 2.35. The molecule has 3 fully saturated rings. The SMILES string of the molecule is CC1(C)C(=O)N[C@@H]1C1CCN(C(=O)c2ocnc2C2CC2)CC1. The van der Waals surface area contributed by atoms with Crippen molar-refractivity contribution in [3.63, 3.8) is 0 Å². The van der Waals surface area contributed by atoms with Gasteiger partial charge in [-0.05, 0) is 45.4 Å². The zero-order valence-corrected chi connectivity index (χ0v) is 13.7. The Morgan fingerprint density at radius 1 is 1.30 bits per heavy atom. The first-order valence-electron chi connectivity index (χ1n) is 8.52. The maximum Gasteiger partial charge on any atom is 0.291 e. The van der Waals surface area contributed by atoms with Crippen LogP contribution in [0.3, 0.4) is 0 Å². The van der Waals surface area contributed by atoms with E-state index in [2.05, 4.69) is 10.3 Å². The summed E-state index contributed by atoms with van der Waals surface area (Å²) in [5.74, 6) is 1.40. The molecule has 23 heavy (non-hydrogen) atoms. The van der Waals surface area contributed by atoms with Gasteiger partial charge in [-0.3, -0.25) is 9.59 Å². The van der Waals surface area contributed by atoms with Crippen LogP contribution in [-0.2, 0) is 4.79 Å². The van der Waals surface area contributed by atoms with Crippen molar-refractivity contribution in [1.82, 2.24) is 15.2 Å². The van der Waals surface area contributed by atoms with Crippen LogP contribution in [0, 0.1) is 11.3 Å². The summed E-state index contributed by atoms with van der Waals surface area (Å²) in [6.45, 7) is 5.45. The van der Waals surface area contributed by atoms with Gasteiger partial charge in [-0.25, -0.2) is 4.98 Å². The average molecular weight is 317 g/mol. The van der Waals surface area contributed by atoms with Gasteiger partial charge < -0.3 is 14.6 Å². The molecule has 2 aliphatic heterocycles. The summed E-state index contributed by atoms with van der Waals surface area (Å²) in [5, 5.41) is 3.04. The zero-order chi connectivity index (χ0) is 16.2. The quantitative estimate of drug-likeness (QED) is 0.864. The molecule has 1 aliphatic carbocycles. The van der Waals surface area contributed by atoms with E-state index in [0.29, 0.717) is 17.6 Å². The van der Waals surface area contributed by atoms with Gasteiger partial charge in [-0.2, -0.15) is 0 Å². The number of aromatic nitrogens is 1. The van der Waals surface area contributed by atoms with Crippen LogP contribution in [0.5, 0.6) is 0 Å². The highest BCUT2D eigenvalue weighted by molar-refractivity contribution is 5.93. The molecule has 1 aromatic rings. The van der Waals surface area contributed by atoms with Crippen molar-refractivity contribution in [3.05, 3.63) is 17.8 Å². The lowest BCUT2D eigenvalue weighted by atomic mass is 9.68. The normalized spacial score (nSPS) is 27.5. The highest BCUT2D eigenvalue weighted by Gasteiger charge is 2.51.